The standard InChI is InChI=1S/C8H11ClN2O/c1-5(10)8-6(9)3-4-7(12)11(8)2/h3-5H,10H2,1-2H3. The van der Waals surface area contributed by atoms with Crippen LogP contribution in [0.15, 0.2) is 16.9 Å². The molecular weight excluding hydrogens is 176 g/mol. The van der Waals surface area contributed by atoms with E-state index in [9.17, 15) is 4.79 Å². The Morgan fingerprint density at radius 3 is 2.58 bits per heavy atom. The van der Waals surface area contributed by atoms with E-state index in [2.05, 4.69) is 0 Å². The molecule has 1 unspecified atom stereocenters. The Morgan fingerprint density at radius 2 is 2.17 bits per heavy atom. The molecule has 0 fully saturated rings. The number of hydrogen-bond donors (Lipinski definition) is 1. The summed E-state index contributed by atoms with van der Waals surface area (Å²) in [6.07, 6.45) is 0. The molecule has 12 heavy (non-hydrogen) atoms. The van der Waals surface area contributed by atoms with Gasteiger partial charge in [-0.3, -0.25) is 4.79 Å². The lowest BCUT2D eigenvalue weighted by atomic mass is 10.2. The summed E-state index contributed by atoms with van der Waals surface area (Å²) in [5.41, 5.74) is 6.22. The topological polar surface area (TPSA) is 48.0 Å². The van der Waals surface area contributed by atoms with Gasteiger partial charge in [-0.1, -0.05) is 11.6 Å². The Labute approximate surface area is 75.8 Å². The summed E-state index contributed by atoms with van der Waals surface area (Å²) in [6.45, 7) is 1.79. The van der Waals surface area contributed by atoms with Crippen molar-refractivity contribution in [2.75, 3.05) is 0 Å². The van der Waals surface area contributed by atoms with Crippen LogP contribution in [-0.2, 0) is 7.05 Å². The van der Waals surface area contributed by atoms with Gasteiger partial charge in [0.15, 0.2) is 0 Å². The van der Waals surface area contributed by atoms with E-state index < -0.39 is 0 Å². The number of rotatable bonds is 1. The molecule has 0 saturated carbocycles. The van der Waals surface area contributed by atoms with Crippen LogP contribution < -0.4 is 11.3 Å². The molecule has 0 spiro atoms. The van der Waals surface area contributed by atoms with E-state index >= 15 is 0 Å². The highest BCUT2D eigenvalue weighted by molar-refractivity contribution is 6.31. The first-order valence-corrected chi connectivity index (χ1v) is 4.03. The molecule has 0 aliphatic carbocycles. The maximum atomic E-state index is 11.1. The maximum Gasteiger partial charge on any atom is 0.250 e. The zero-order valence-electron chi connectivity index (χ0n) is 7.04. The van der Waals surface area contributed by atoms with Crippen LogP contribution in [0, 0.1) is 0 Å². The molecule has 0 aliphatic rings. The van der Waals surface area contributed by atoms with Gasteiger partial charge in [0.2, 0.25) is 0 Å². The van der Waals surface area contributed by atoms with Gasteiger partial charge in [-0.15, -0.1) is 0 Å². The lowest BCUT2D eigenvalue weighted by molar-refractivity contribution is 0.686. The Hall–Kier alpha value is -0.800. The molecule has 0 saturated heterocycles. The third kappa shape index (κ3) is 1.52. The summed E-state index contributed by atoms with van der Waals surface area (Å²) >= 11 is 5.86. The van der Waals surface area contributed by atoms with Crippen molar-refractivity contribution >= 4 is 11.6 Å². The van der Waals surface area contributed by atoms with E-state index in [0.717, 1.165) is 0 Å². The highest BCUT2D eigenvalue weighted by Crippen LogP contribution is 2.17. The third-order valence-corrected chi connectivity index (χ3v) is 2.06. The van der Waals surface area contributed by atoms with Crippen molar-refractivity contribution in [2.24, 2.45) is 12.8 Å². The molecule has 0 aromatic carbocycles. The first-order chi connectivity index (χ1) is 5.54. The molecule has 4 heteroatoms. The van der Waals surface area contributed by atoms with Gasteiger partial charge in [-0.25, -0.2) is 0 Å². The molecule has 1 aromatic heterocycles. The molecule has 0 aliphatic heterocycles. The van der Waals surface area contributed by atoms with Gasteiger partial charge in [0.25, 0.3) is 5.56 Å². The van der Waals surface area contributed by atoms with Gasteiger partial charge in [0.05, 0.1) is 10.7 Å². The lowest BCUT2D eigenvalue weighted by Crippen LogP contribution is -2.23. The molecule has 2 N–H and O–H groups in total. The van der Waals surface area contributed by atoms with Crippen molar-refractivity contribution < 1.29 is 0 Å². The van der Waals surface area contributed by atoms with Gasteiger partial charge in [-0.05, 0) is 13.0 Å². The van der Waals surface area contributed by atoms with Crippen LogP contribution in [0.4, 0.5) is 0 Å². The molecule has 66 valence electrons. The minimum absolute atomic E-state index is 0.0910. The molecule has 3 nitrogen and oxygen atoms in total. The van der Waals surface area contributed by atoms with Crippen LogP contribution in [0.3, 0.4) is 0 Å². The summed E-state index contributed by atoms with van der Waals surface area (Å²) in [5, 5.41) is 0.534. The second-order valence-electron chi connectivity index (χ2n) is 2.75. The number of nitrogens with two attached hydrogens (primary N) is 1. The van der Waals surface area contributed by atoms with Crippen LogP contribution in [-0.4, -0.2) is 4.57 Å². The van der Waals surface area contributed by atoms with Gasteiger partial charge in [0.1, 0.15) is 0 Å². The average Bonchev–Trinajstić information content (AvgIpc) is 1.97. The minimum Gasteiger partial charge on any atom is -0.323 e. The Balaban J connectivity index is 3.43. The predicted molar refractivity (Wildman–Crippen MR) is 49.3 cm³/mol. The van der Waals surface area contributed by atoms with Crippen LogP contribution in [0.25, 0.3) is 0 Å². The Morgan fingerprint density at radius 1 is 1.58 bits per heavy atom. The van der Waals surface area contributed by atoms with Gasteiger partial charge >= 0.3 is 0 Å². The van der Waals surface area contributed by atoms with Crippen molar-refractivity contribution in [2.45, 2.75) is 13.0 Å². The summed E-state index contributed by atoms with van der Waals surface area (Å²) in [7, 11) is 1.66. The fourth-order valence-electron chi connectivity index (χ4n) is 1.14. The zero-order valence-corrected chi connectivity index (χ0v) is 7.80. The average molecular weight is 187 g/mol. The molecule has 1 atom stereocenters. The van der Waals surface area contributed by atoms with Crippen molar-refractivity contribution in [3.8, 4) is 0 Å². The molecule has 0 bridgehead atoms. The second kappa shape index (κ2) is 3.29. The first kappa shape index (κ1) is 9.29. The number of nitrogens with zero attached hydrogens (tertiary/aromatic N) is 1. The molecule has 0 radical (unpaired) electrons. The van der Waals surface area contributed by atoms with Crippen LogP contribution >= 0.6 is 11.6 Å². The minimum atomic E-state index is -0.226. The summed E-state index contributed by atoms with van der Waals surface area (Å²) in [4.78, 5) is 11.1. The van der Waals surface area contributed by atoms with E-state index in [1.54, 1.807) is 20.0 Å². The second-order valence-corrected chi connectivity index (χ2v) is 3.16. The van der Waals surface area contributed by atoms with Gasteiger partial charge < -0.3 is 10.3 Å². The lowest BCUT2D eigenvalue weighted by Gasteiger charge is -2.12. The zero-order chi connectivity index (χ0) is 9.30. The largest absolute Gasteiger partial charge is 0.323 e. The van der Waals surface area contributed by atoms with E-state index in [4.69, 9.17) is 17.3 Å². The van der Waals surface area contributed by atoms with Crippen LogP contribution in [0.5, 0.6) is 0 Å². The quantitative estimate of drug-likeness (QED) is 0.713. The Kier molecular flexibility index (Phi) is 2.55. The van der Waals surface area contributed by atoms with Gasteiger partial charge in [-0.2, -0.15) is 0 Å². The monoisotopic (exact) mass is 186 g/mol. The van der Waals surface area contributed by atoms with E-state index in [0.29, 0.717) is 10.7 Å². The fraction of sp³-hybridized carbons (Fsp3) is 0.375. The van der Waals surface area contributed by atoms with E-state index in [1.807, 2.05) is 0 Å². The SMILES string of the molecule is CC(N)c1c(Cl)ccc(=O)n1C. The number of hydrogen-bond acceptors (Lipinski definition) is 2. The highest BCUT2D eigenvalue weighted by atomic mass is 35.5. The van der Waals surface area contributed by atoms with Crippen LogP contribution in [0.1, 0.15) is 18.7 Å². The number of pyridine rings is 1. The molecule has 1 aromatic rings. The van der Waals surface area contributed by atoms with E-state index in [1.165, 1.54) is 10.6 Å². The predicted octanol–water partition coefficient (Wildman–Crippen LogP) is 1.06. The smallest absolute Gasteiger partial charge is 0.250 e. The number of aromatic nitrogens is 1. The van der Waals surface area contributed by atoms with Crippen molar-refractivity contribution in [1.82, 2.24) is 4.57 Å². The molecular formula is C8H11ClN2O. The Bertz CT molecular complexity index is 343. The van der Waals surface area contributed by atoms with Gasteiger partial charge in [0, 0.05) is 19.2 Å². The molecule has 1 heterocycles. The van der Waals surface area contributed by atoms with Crippen LogP contribution in [0.2, 0.25) is 5.02 Å². The van der Waals surface area contributed by atoms with E-state index in [-0.39, 0.29) is 11.6 Å². The number of halogens is 1. The van der Waals surface area contributed by atoms with Crippen molar-refractivity contribution in [3.05, 3.63) is 33.2 Å². The summed E-state index contributed by atoms with van der Waals surface area (Å²) < 4.78 is 1.47. The fourth-order valence-corrected chi connectivity index (χ4v) is 1.51. The maximum absolute atomic E-state index is 11.1. The third-order valence-electron chi connectivity index (χ3n) is 1.74. The molecule has 1 rings (SSSR count). The highest BCUT2D eigenvalue weighted by Gasteiger charge is 2.08. The summed E-state index contributed by atoms with van der Waals surface area (Å²) in [5.74, 6) is 0. The van der Waals surface area contributed by atoms with Crippen molar-refractivity contribution in [1.29, 1.82) is 0 Å². The van der Waals surface area contributed by atoms with Crippen molar-refractivity contribution in [3.63, 3.8) is 0 Å². The summed E-state index contributed by atoms with van der Waals surface area (Å²) in [6, 6.07) is 2.77. The molecule has 0 amide bonds. The normalized spacial score (nSPS) is 13.0. The first-order valence-electron chi connectivity index (χ1n) is 3.65.